The van der Waals surface area contributed by atoms with E-state index in [1.54, 1.807) is 7.11 Å². The molecule has 3 aliphatic rings. The van der Waals surface area contributed by atoms with Gasteiger partial charge >= 0.3 is 0 Å². The lowest BCUT2D eigenvalue weighted by atomic mass is 9.82. The highest BCUT2D eigenvalue weighted by molar-refractivity contribution is 5.86. The van der Waals surface area contributed by atoms with E-state index in [9.17, 15) is 14.7 Å². The molecule has 2 fully saturated rings. The van der Waals surface area contributed by atoms with Gasteiger partial charge in [-0.05, 0) is 30.4 Å². The van der Waals surface area contributed by atoms with Crippen molar-refractivity contribution in [3.8, 4) is 5.75 Å². The summed E-state index contributed by atoms with van der Waals surface area (Å²) in [7, 11) is 1.65. The van der Waals surface area contributed by atoms with Crippen molar-refractivity contribution < 1.29 is 19.4 Å². The van der Waals surface area contributed by atoms with Crippen LogP contribution in [0.2, 0.25) is 0 Å². The van der Waals surface area contributed by atoms with Crippen molar-refractivity contribution in [2.45, 2.75) is 6.42 Å². The maximum Gasteiger partial charge on any atom is 0.227 e. The molecule has 1 aromatic carbocycles. The fraction of sp³-hybridized carbons (Fsp3) is 0.500. The number of benzene rings is 1. The number of carboxylic acids is 1. The third kappa shape index (κ3) is 2.83. The van der Waals surface area contributed by atoms with Gasteiger partial charge in [0.2, 0.25) is 5.91 Å². The van der Waals surface area contributed by atoms with Crippen LogP contribution in [0.25, 0.3) is 0 Å². The summed E-state index contributed by atoms with van der Waals surface area (Å²) in [6.45, 7) is 2.66. The Morgan fingerprint density at radius 3 is 2.42 bits per heavy atom. The first-order valence-corrected chi connectivity index (χ1v) is 9.15. The smallest absolute Gasteiger partial charge is 0.227 e. The molecule has 1 saturated heterocycles. The molecule has 0 aromatic heterocycles. The van der Waals surface area contributed by atoms with Crippen LogP contribution in [0.4, 0.5) is 5.69 Å². The number of nitrogens with zero attached hydrogens (tertiary/aromatic N) is 2. The molecular weight excluding hydrogens is 332 g/mol. The van der Waals surface area contributed by atoms with E-state index in [1.165, 1.54) is 0 Å². The highest BCUT2D eigenvalue weighted by atomic mass is 16.5. The zero-order valence-electron chi connectivity index (χ0n) is 14.8. The van der Waals surface area contributed by atoms with Crippen molar-refractivity contribution in [3.05, 3.63) is 36.4 Å². The summed E-state index contributed by atoms with van der Waals surface area (Å²) in [5, 5.41) is 11.6. The predicted molar refractivity (Wildman–Crippen MR) is 94.5 cm³/mol. The Balaban J connectivity index is 1.42. The third-order valence-corrected chi connectivity index (χ3v) is 6.03. The number of piperazine rings is 1. The van der Waals surface area contributed by atoms with Crippen LogP contribution < -0.4 is 14.7 Å². The molecule has 6 nitrogen and oxygen atoms in total. The van der Waals surface area contributed by atoms with Gasteiger partial charge in [0.05, 0.1) is 13.0 Å². The van der Waals surface area contributed by atoms with Gasteiger partial charge in [0.1, 0.15) is 5.75 Å². The maximum atomic E-state index is 13.0. The summed E-state index contributed by atoms with van der Waals surface area (Å²) in [6.07, 6.45) is 4.72. The lowest BCUT2D eigenvalue weighted by molar-refractivity contribution is -0.313. The van der Waals surface area contributed by atoms with Crippen molar-refractivity contribution in [3.63, 3.8) is 0 Å². The van der Waals surface area contributed by atoms with E-state index in [0.29, 0.717) is 13.1 Å². The number of carboxylic acid groups (broad SMARTS) is 1. The Morgan fingerprint density at radius 2 is 1.77 bits per heavy atom. The number of rotatable bonds is 4. The minimum atomic E-state index is -1.09. The second-order valence-electron chi connectivity index (χ2n) is 7.33. The molecule has 2 aliphatic carbocycles. The first-order valence-electron chi connectivity index (χ1n) is 9.15. The molecular formula is C20H23N2O4-. The van der Waals surface area contributed by atoms with Crippen molar-refractivity contribution in [1.82, 2.24) is 4.90 Å². The SMILES string of the molecule is COc1cccc(N2CCN(C(=O)[C@@H]3[C@@H](C(=O)[O-])[C@H]4C=C[C@@H]3C4)CC2)c1. The van der Waals surface area contributed by atoms with Crippen LogP contribution in [-0.2, 0) is 9.59 Å². The van der Waals surface area contributed by atoms with E-state index >= 15 is 0 Å². The van der Waals surface area contributed by atoms with E-state index in [2.05, 4.69) is 4.90 Å². The summed E-state index contributed by atoms with van der Waals surface area (Å²) in [6, 6.07) is 7.89. The Morgan fingerprint density at radius 1 is 1.08 bits per heavy atom. The van der Waals surface area contributed by atoms with Crippen LogP contribution in [0.15, 0.2) is 36.4 Å². The van der Waals surface area contributed by atoms with E-state index < -0.39 is 17.8 Å². The van der Waals surface area contributed by atoms with Crippen LogP contribution >= 0.6 is 0 Å². The molecule has 0 unspecified atom stereocenters. The molecule has 1 aliphatic heterocycles. The Hall–Kier alpha value is -2.50. The number of ether oxygens (including phenoxy) is 1. The van der Waals surface area contributed by atoms with Gasteiger partial charge in [-0.25, -0.2) is 0 Å². The standard InChI is InChI=1S/C20H24N2O4/c1-26-16-4-2-3-15(12-16)21-7-9-22(10-8-21)19(23)17-13-5-6-14(11-13)18(17)20(24)25/h2-6,12-14,17-18H,7-11H2,1H3,(H,24,25)/p-1/t13-,14+,17+,18+/m1/s1. The van der Waals surface area contributed by atoms with Gasteiger partial charge in [-0.3, -0.25) is 4.79 Å². The monoisotopic (exact) mass is 355 g/mol. The molecule has 26 heavy (non-hydrogen) atoms. The van der Waals surface area contributed by atoms with Crippen LogP contribution in [-0.4, -0.2) is 50.1 Å². The zero-order valence-corrected chi connectivity index (χ0v) is 14.8. The average molecular weight is 355 g/mol. The molecule has 1 heterocycles. The minimum Gasteiger partial charge on any atom is -0.550 e. The van der Waals surface area contributed by atoms with E-state index in [4.69, 9.17) is 4.74 Å². The molecule has 1 amide bonds. The van der Waals surface area contributed by atoms with Crippen molar-refractivity contribution >= 4 is 17.6 Å². The highest BCUT2D eigenvalue weighted by Crippen LogP contribution is 2.48. The number of fused-ring (bicyclic) bond motifs is 2. The summed E-state index contributed by atoms with van der Waals surface area (Å²) in [5.41, 5.74) is 1.08. The van der Waals surface area contributed by atoms with Gasteiger partial charge < -0.3 is 24.4 Å². The van der Waals surface area contributed by atoms with Crippen LogP contribution in [0.1, 0.15) is 6.42 Å². The Kier molecular flexibility index (Phi) is 4.34. The fourth-order valence-electron chi connectivity index (χ4n) is 4.68. The summed E-state index contributed by atoms with van der Waals surface area (Å²) in [4.78, 5) is 28.6. The molecule has 2 bridgehead atoms. The van der Waals surface area contributed by atoms with Crippen molar-refractivity contribution in [2.24, 2.45) is 23.7 Å². The molecule has 0 N–H and O–H groups in total. The fourth-order valence-corrected chi connectivity index (χ4v) is 4.68. The molecule has 4 atom stereocenters. The number of amides is 1. The first-order chi connectivity index (χ1) is 12.6. The number of anilines is 1. The number of carbonyl (C=O) groups excluding carboxylic acids is 2. The molecule has 6 heteroatoms. The van der Waals surface area contributed by atoms with E-state index in [1.807, 2.05) is 41.3 Å². The normalized spacial score (nSPS) is 29.9. The van der Waals surface area contributed by atoms with Gasteiger partial charge in [0, 0.05) is 49.8 Å². The van der Waals surface area contributed by atoms with Gasteiger partial charge in [-0.2, -0.15) is 0 Å². The average Bonchev–Trinajstić information content (AvgIpc) is 3.29. The first kappa shape index (κ1) is 16.9. The number of hydrogen-bond acceptors (Lipinski definition) is 5. The number of methoxy groups -OCH3 is 1. The topological polar surface area (TPSA) is 72.9 Å². The lowest BCUT2D eigenvalue weighted by Gasteiger charge is -2.39. The molecule has 1 aromatic rings. The van der Waals surface area contributed by atoms with Gasteiger partial charge in [-0.1, -0.05) is 18.2 Å². The van der Waals surface area contributed by atoms with Gasteiger partial charge in [0.25, 0.3) is 0 Å². The summed E-state index contributed by atoms with van der Waals surface area (Å²) in [5.74, 6) is -1.43. The second kappa shape index (κ2) is 6.67. The van der Waals surface area contributed by atoms with Crippen LogP contribution in [0.3, 0.4) is 0 Å². The van der Waals surface area contributed by atoms with E-state index in [-0.39, 0.29) is 17.7 Å². The quantitative estimate of drug-likeness (QED) is 0.737. The van der Waals surface area contributed by atoms with Crippen LogP contribution in [0.5, 0.6) is 5.75 Å². The molecule has 0 spiro atoms. The molecule has 4 rings (SSSR count). The van der Waals surface area contributed by atoms with Crippen LogP contribution in [0, 0.1) is 23.7 Å². The number of hydrogen-bond donors (Lipinski definition) is 0. The number of carbonyl (C=O) groups is 2. The predicted octanol–water partition coefficient (Wildman–Crippen LogP) is 0.532. The van der Waals surface area contributed by atoms with E-state index in [0.717, 1.165) is 30.9 Å². The second-order valence-corrected chi connectivity index (χ2v) is 7.33. The largest absolute Gasteiger partial charge is 0.550 e. The van der Waals surface area contributed by atoms with Gasteiger partial charge in [0.15, 0.2) is 0 Å². The third-order valence-electron chi connectivity index (χ3n) is 6.03. The molecule has 1 saturated carbocycles. The van der Waals surface area contributed by atoms with Crippen molar-refractivity contribution in [1.29, 1.82) is 0 Å². The lowest BCUT2D eigenvalue weighted by Crippen LogP contribution is -2.53. The molecule has 0 radical (unpaired) electrons. The Bertz CT molecular complexity index is 739. The Labute approximate surface area is 153 Å². The number of allylic oxidation sites excluding steroid dienone is 2. The minimum absolute atomic E-state index is 0.0265. The van der Waals surface area contributed by atoms with Crippen molar-refractivity contribution in [2.75, 3.05) is 38.2 Å². The molecule has 138 valence electrons. The summed E-state index contributed by atoms with van der Waals surface area (Å²) >= 11 is 0. The van der Waals surface area contributed by atoms with Gasteiger partial charge in [-0.15, -0.1) is 0 Å². The number of aliphatic carboxylic acids is 1. The maximum absolute atomic E-state index is 13.0. The highest BCUT2D eigenvalue weighted by Gasteiger charge is 2.50. The summed E-state index contributed by atoms with van der Waals surface area (Å²) < 4.78 is 5.28. The zero-order chi connectivity index (χ0) is 18.3.